The molecule has 0 atom stereocenters. The van der Waals surface area contributed by atoms with E-state index in [-0.39, 0.29) is 18.0 Å². The maximum absolute atomic E-state index is 13.5. The van der Waals surface area contributed by atoms with Gasteiger partial charge in [-0.25, -0.2) is 9.37 Å². The van der Waals surface area contributed by atoms with Crippen molar-refractivity contribution in [2.24, 2.45) is 0 Å². The largest absolute Gasteiger partial charge is 0.295 e. The number of aryl methyl sites for hydroxylation is 1. The van der Waals surface area contributed by atoms with Crippen LogP contribution >= 0.6 is 11.3 Å². The van der Waals surface area contributed by atoms with Crippen molar-refractivity contribution in [3.05, 3.63) is 51.7 Å². The number of amides is 2. The van der Waals surface area contributed by atoms with Gasteiger partial charge in [-0.05, 0) is 19.1 Å². The van der Waals surface area contributed by atoms with Gasteiger partial charge in [0.05, 0.1) is 22.8 Å². The zero-order chi connectivity index (χ0) is 19.2. The highest BCUT2D eigenvalue weighted by Crippen LogP contribution is 2.12. The van der Waals surface area contributed by atoms with E-state index in [2.05, 4.69) is 26.1 Å². The maximum atomic E-state index is 13.5. The van der Waals surface area contributed by atoms with Crippen LogP contribution in [-0.4, -0.2) is 59.3 Å². The average molecular weight is 391 g/mol. The van der Waals surface area contributed by atoms with Crippen molar-refractivity contribution in [3.8, 4) is 0 Å². The molecule has 0 unspecified atom stereocenters. The Kier molecular flexibility index (Phi) is 6.49. The van der Waals surface area contributed by atoms with Gasteiger partial charge in [0.1, 0.15) is 5.82 Å². The Bertz CT molecular complexity index is 805. The minimum Gasteiger partial charge on any atom is -0.295 e. The first kappa shape index (κ1) is 19.4. The summed E-state index contributed by atoms with van der Waals surface area (Å²) in [4.78, 5) is 32.7. The van der Waals surface area contributed by atoms with Crippen LogP contribution in [0.2, 0.25) is 0 Å². The molecule has 144 valence electrons. The summed E-state index contributed by atoms with van der Waals surface area (Å²) in [6, 6.07) is 5.62. The number of rotatable bonds is 5. The van der Waals surface area contributed by atoms with Gasteiger partial charge in [0.2, 0.25) is 0 Å². The highest BCUT2D eigenvalue weighted by Gasteiger charge is 2.20. The number of nitrogens with one attached hydrogen (secondary N) is 2. The highest BCUT2D eigenvalue weighted by molar-refractivity contribution is 7.09. The fourth-order valence-corrected chi connectivity index (χ4v) is 3.50. The number of hydrogen-bond donors (Lipinski definition) is 2. The second kappa shape index (κ2) is 9.03. The molecular weight excluding hydrogens is 369 g/mol. The Labute approximate surface area is 161 Å². The van der Waals surface area contributed by atoms with Crippen LogP contribution in [0.15, 0.2) is 29.6 Å². The molecule has 1 aliphatic rings. The van der Waals surface area contributed by atoms with Gasteiger partial charge in [0.25, 0.3) is 11.8 Å². The first-order chi connectivity index (χ1) is 13.0. The van der Waals surface area contributed by atoms with Crippen LogP contribution in [0.3, 0.4) is 0 Å². The van der Waals surface area contributed by atoms with Crippen molar-refractivity contribution in [2.75, 3.05) is 32.7 Å². The van der Waals surface area contributed by atoms with Gasteiger partial charge in [-0.1, -0.05) is 12.1 Å². The van der Waals surface area contributed by atoms with Gasteiger partial charge in [-0.15, -0.1) is 11.3 Å². The minimum atomic E-state index is -0.676. The minimum absolute atomic E-state index is 0.108. The van der Waals surface area contributed by atoms with Crippen molar-refractivity contribution >= 4 is 23.2 Å². The second-order valence-electron chi connectivity index (χ2n) is 6.39. The lowest BCUT2D eigenvalue weighted by Crippen LogP contribution is -2.51. The molecule has 1 saturated heterocycles. The summed E-state index contributed by atoms with van der Waals surface area (Å²) in [5.41, 5.74) is 5.57. The summed E-state index contributed by atoms with van der Waals surface area (Å²) >= 11 is 1.65. The predicted molar refractivity (Wildman–Crippen MR) is 101 cm³/mol. The number of piperazine rings is 1. The fraction of sp³-hybridized carbons (Fsp3) is 0.389. The normalized spacial score (nSPS) is 15.5. The van der Waals surface area contributed by atoms with Crippen LogP contribution in [0.25, 0.3) is 0 Å². The molecule has 1 aromatic carbocycles. The summed E-state index contributed by atoms with van der Waals surface area (Å²) in [6.45, 7) is 6.23. The van der Waals surface area contributed by atoms with Crippen LogP contribution in [0.4, 0.5) is 4.39 Å². The third-order valence-electron chi connectivity index (χ3n) is 4.32. The molecule has 2 N–H and O–H groups in total. The van der Waals surface area contributed by atoms with E-state index in [1.807, 2.05) is 11.8 Å². The lowest BCUT2D eigenvalue weighted by Gasteiger charge is -2.33. The number of hydrazine groups is 1. The highest BCUT2D eigenvalue weighted by atomic mass is 32.1. The number of aromatic nitrogens is 1. The molecule has 7 nitrogen and oxygen atoms in total. The number of carbonyl (C=O) groups excluding carboxylic acids is 2. The SMILES string of the molecule is Cc1nc(CN2CCN(CC(=O)NNC(=O)c3ccccc3F)CC2)cs1. The summed E-state index contributed by atoms with van der Waals surface area (Å²) < 4.78 is 13.5. The molecule has 2 aromatic rings. The molecule has 1 aromatic heterocycles. The molecular formula is C18H22FN5O2S. The number of hydrogen-bond acceptors (Lipinski definition) is 6. The van der Waals surface area contributed by atoms with Crippen LogP contribution in [0, 0.1) is 12.7 Å². The Morgan fingerprint density at radius 2 is 1.85 bits per heavy atom. The smallest absolute Gasteiger partial charge is 0.272 e. The number of thiazole rings is 1. The third-order valence-corrected chi connectivity index (χ3v) is 5.14. The molecule has 2 heterocycles. The molecule has 0 bridgehead atoms. The van der Waals surface area contributed by atoms with Crippen LogP contribution in [-0.2, 0) is 11.3 Å². The average Bonchev–Trinajstić information content (AvgIpc) is 3.06. The fourth-order valence-electron chi connectivity index (χ4n) is 2.90. The van der Waals surface area contributed by atoms with E-state index in [1.54, 1.807) is 17.4 Å². The molecule has 0 aliphatic carbocycles. The number of halogens is 1. The number of benzene rings is 1. The monoisotopic (exact) mass is 391 g/mol. The van der Waals surface area contributed by atoms with Crippen molar-refractivity contribution in [2.45, 2.75) is 13.5 Å². The molecule has 1 fully saturated rings. The Balaban J connectivity index is 1.38. The van der Waals surface area contributed by atoms with Crippen LogP contribution in [0.5, 0.6) is 0 Å². The molecule has 0 radical (unpaired) electrons. The van der Waals surface area contributed by atoms with E-state index >= 15 is 0 Å². The van der Waals surface area contributed by atoms with E-state index in [1.165, 1.54) is 18.2 Å². The van der Waals surface area contributed by atoms with E-state index < -0.39 is 11.7 Å². The third kappa shape index (κ3) is 5.56. The van der Waals surface area contributed by atoms with E-state index in [4.69, 9.17) is 0 Å². The summed E-state index contributed by atoms with van der Waals surface area (Å²) in [5.74, 6) is -1.64. The molecule has 27 heavy (non-hydrogen) atoms. The lowest BCUT2D eigenvalue weighted by molar-refractivity contribution is -0.123. The quantitative estimate of drug-likeness (QED) is 0.749. The summed E-state index contributed by atoms with van der Waals surface area (Å²) in [5, 5.41) is 3.14. The topological polar surface area (TPSA) is 77.6 Å². The Hall–Kier alpha value is -2.36. The van der Waals surface area contributed by atoms with E-state index in [0.717, 1.165) is 43.4 Å². The predicted octanol–water partition coefficient (Wildman–Crippen LogP) is 1.17. The number of nitrogens with zero attached hydrogens (tertiary/aromatic N) is 3. The first-order valence-corrected chi connectivity index (χ1v) is 9.58. The number of carbonyl (C=O) groups is 2. The van der Waals surface area contributed by atoms with Gasteiger partial charge < -0.3 is 0 Å². The van der Waals surface area contributed by atoms with Gasteiger partial charge in [0.15, 0.2) is 0 Å². The van der Waals surface area contributed by atoms with Gasteiger partial charge in [-0.3, -0.25) is 30.2 Å². The van der Waals surface area contributed by atoms with Gasteiger partial charge in [0, 0.05) is 38.1 Å². The Morgan fingerprint density at radius 1 is 1.15 bits per heavy atom. The van der Waals surface area contributed by atoms with Crippen molar-refractivity contribution in [1.82, 2.24) is 25.6 Å². The second-order valence-corrected chi connectivity index (χ2v) is 7.45. The van der Waals surface area contributed by atoms with Crippen molar-refractivity contribution in [1.29, 1.82) is 0 Å². The van der Waals surface area contributed by atoms with Crippen molar-refractivity contribution < 1.29 is 14.0 Å². The van der Waals surface area contributed by atoms with Crippen LogP contribution in [0.1, 0.15) is 21.1 Å². The zero-order valence-electron chi connectivity index (χ0n) is 15.1. The molecule has 2 amide bonds. The first-order valence-electron chi connectivity index (χ1n) is 8.70. The molecule has 3 rings (SSSR count). The summed E-state index contributed by atoms with van der Waals surface area (Å²) in [7, 11) is 0. The molecule has 1 aliphatic heterocycles. The van der Waals surface area contributed by atoms with Gasteiger partial charge in [-0.2, -0.15) is 0 Å². The standard InChI is InChI=1S/C18H22FN5O2S/c1-13-20-14(12-27-13)10-23-6-8-24(9-7-23)11-17(25)21-22-18(26)15-4-2-3-5-16(15)19/h2-5,12H,6-11H2,1H3,(H,21,25)(H,22,26). The maximum Gasteiger partial charge on any atom is 0.272 e. The van der Waals surface area contributed by atoms with Crippen molar-refractivity contribution in [3.63, 3.8) is 0 Å². The summed E-state index contributed by atoms with van der Waals surface area (Å²) in [6.07, 6.45) is 0. The van der Waals surface area contributed by atoms with Crippen LogP contribution < -0.4 is 10.9 Å². The zero-order valence-corrected chi connectivity index (χ0v) is 15.9. The molecule has 0 spiro atoms. The van der Waals surface area contributed by atoms with E-state index in [9.17, 15) is 14.0 Å². The van der Waals surface area contributed by atoms with Gasteiger partial charge >= 0.3 is 0 Å². The lowest BCUT2D eigenvalue weighted by atomic mass is 10.2. The van der Waals surface area contributed by atoms with E-state index in [0.29, 0.717) is 0 Å². The Morgan fingerprint density at radius 3 is 2.52 bits per heavy atom. The molecule has 0 saturated carbocycles. The molecule has 9 heteroatoms.